The molecule has 0 saturated carbocycles. The molecule has 4 rings (SSSR count). The quantitative estimate of drug-likeness (QED) is 0.440. The molecule has 0 aliphatic rings. The summed E-state index contributed by atoms with van der Waals surface area (Å²) in [6.45, 7) is 0.527. The maximum absolute atomic E-state index is 5.93. The number of nitrogens with zero attached hydrogens (tertiary/aromatic N) is 1. The van der Waals surface area contributed by atoms with E-state index in [1.54, 1.807) is 0 Å². The Morgan fingerprint density at radius 1 is 0.680 bits per heavy atom. The molecule has 0 atom stereocenters. The van der Waals surface area contributed by atoms with Crippen molar-refractivity contribution >= 4 is 11.5 Å². The molecule has 0 radical (unpaired) electrons. The van der Waals surface area contributed by atoms with E-state index in [-0.39, 0.29) is 0 Å². The molecular weight excluding hydrogens is 326 g/mol. The average Bonchev–Trinajstić information content (AvgIpc) is 3.17. The normalized spacial score (nSPS) is 10.6. The fraction of sp³-hybridized carbons (Fsp3) is 0.0455. The second-order valence-corrected chi connectivity index (χ2v) is 6.38. The molecule has 1 aromatic heterocycles. The summed E-state index contributed by atoms with van der Waals surface area (Å²) in [6.07, 6.45) is 0. The van der Waals surface area contributed by atoms with Gasteiger partial charge in [0.1, 0.15) is 6.61 Å². The van der Waals surface area contributed by atoms with Crippen molar-refractivity contribution in [3.8, 4) is 28.1 Å². The van der Waals surface area contributed by atoms with Gasteiger partial charge in [0.25, 0.3) is 0 Å². The fourth-order valence-electron chi connectivity index (χ4n) is 2.72. The molecule has 1 heterocycles. The van der Waals surface area contributed by atoms with Crippen LogP contribution in [0.1, 0.15) is 5.56 Å². The van der Waals surface area contributed by atoms with Crippen LogP contribution in [0.2, 0.25) is 0 Å². The van der Waals surface area contributed by atoms with Crippen molar-refractivity contribution in [2.75, 3.05) is 0 Å². The molecule has 0 amide bonds. The van der Waals surface area contributed by atoms with Crippen LogP contribution in [-0.4, -0.2) is 4.37 Å². The Morgan fingerprint density at radius 3 is 2.00 bits per heavy atom. The third kappa shape index (κ3) is 3.62. The van der Waals surface area contributed by atoms with Gasteiger partial charge in [0.15, 0.2) is 0 Å². The Morgan fingerprint density at radius 2 is 1.28 bits per heavy atom. The van der Waals surface area contributed by atoms with Crippen molar-refractivity contribution in [1.82, 2.24) is 4.37 Å². The van der Waals surface area contributed by atoms with Crippen LogP contribution in [0.25, 0.3) is 22.3 Å². The van der Waals surface area contributed by atoms with E-state index in [4.69, 9.17) is 4.74 Å². The van der Waals surface area contributed by atoms with Crippen molar-refractivity contribution in [1.29, 1.82) is 0 Å². The van der Waals surface area contributed by atoms with Crippen LogP contribution >= 0.6 is 11.5 Å². The van der Waals surface area contributed by atoms with Gasteiger partial charge in [-0.25, -0.2) is 0 Å². The van der Waals surface area contributed by atoms with Crippen molar-refractivity contribution in [3.63, 3.8) is 0 Å². The highest BCUT2D eigenvalue weighted by Gasteiger charge is 2.10. The monoisotopic (exact) mass is 343 g/mol. The molecule has 0 aliphatic heterocycles. The number of hydrogen-bond donors (Lipinski definition) is 0. The van der Waals surface area contributed by atoms with Gasteiger partial charge in [-0.3, -0.25) is 0 Å². The molecule has 25 heavy (non-hydrogen) atoms. The van der Waals surface area contributed by atoms with Crippen molar-refractivity contribution < 1.29 is 4.74 Å². The molecular formula is C22H17NOS. The van der Waals surface area contributed by atoms with Gasteiger partial charge in [-0.05, 0) is 33.8 Å². The number of ether oxygens (including phenoxy) is 1. The summed E-state index contributed by atoms with van der Waals surface area (Å²) >= 11 is 1.42. The second kappa shape index (κ2) is 7.32. The largest absolute Gasteiger partial charge is 0.472 e. The summed E-state index contributed by atoms with van der Waals surface area (Å²) in [5, 5.41) is 2.04. The average molecular weight is 343 g/mol. The molecule has 2 nitrogen and oxygen atoms in total. The molecule has 0 bridgehead atoms. The van der Waals surface area contributed by atoms with E-state index in [0.29, 0.717) is 12.5 Å². The van der Waals surface area contributed by atoms with E-state index in [9.17, 15) is 0 Å². The Labute approximate surface area is 151 Å². The highest BCUT2D eigenvalue weighted by atomic mass is 32.1. The van der Waals surface area contributed by atoms with E-state index in [0.717, 1.165) is 16.7 Å². The number of hydrogen-bond acceptors (Lipinski definition) is 3. The van der Waals surface area contributed by atoms with Crippen LogP contribution in [0.5, 0.6) is 5.88 Å². The van der Waals surface area contributed by atoms with Crippen molar-refractivity contribution in [2.45, 2.75) is 6.61 Å². The Balaban J connectivity index is 1.54. The number of aromatic nitrogens is 1. The summed E-state index contributed by atoms with van der Waals surface area (Å²) in [7, 11) is 0. The summed E-state index contributed by atoms with van der Waals surface area (Å²) in [5.41, 5.74) is 5.73. The molecule has 122 valence electrons. The minimum Gasteiger partial charge on any atom is -0.472 e. The standard InChI is InChI=1S/C22H17NOS/c1-3-7-17(8-4-1)15-24-22-21(16-25-23-22)20-13-11-19(12-14-20)18-9-5-2-6-10-18/h1-14,16H,15H2. The van der Waals surface area contributed by atoms with Crippen LogP contribution in [0, 0.1) is 0 Å². The van der Waals surface area contributed by atoms with Gasteiger partial charge in [0, 0.05) is 5.38 Å². The smallest absolute Gasteiger partial charge is 0.233 e. The lowest BCUT2D eigenvalue weighted by Crippen LogP contribution is -1.96. The third-order valence-electron chi connectivity index (χ3n) is 4.06. The lowest BCUT2D eigenvalue weighted by atomic mass is 10.0. The molecule has 0 spiro atoms. The van der Waals surface area contributed by atoms with Gasteiger partial charge in [-0.15, -0.1) is 0 Å². The number of benzene rings is 3. The van der Waals surface area contributed by atoms with Crippen molar-refractivity contribution in [2.24, 2.45) is 0 Å². The number of rotatable bonds is 5. The van der Waals surface area contributed by atoms with Gasteiger partial charge in [-0.2, -0.15) is 4.37 Å². The third-order valence-corrected chi connectivity index (χ3v) is 4.67. The van der Waals surface area contributed by atoms with E-state index >= 15 is 0 Å². The van der Waals surface area contributed by atoms with Crippen LogP contribution in [0.3, 0.4) is 0 Å². The lowest BCUT2D eigenvalue weighted by molar-refractivity contribution is 0.298. The molecule has 0 saturated heterocycles. The molecule has 0 N–H and O–H groups in total. The lowest BCUT2D eigenvalue weighted by Gasteiger charge is -2.07. The van der Waals surface area contributed by atoms with Crippen LogP contribution in [0.15, 0.2) is 90.3 Å². The Bertz CT molecular complexity index is 931. The predicted molar refractivity (Wildman–Crippen MR) is 104 cm³/mol. The molecule has 4 aromatic rings. The van der Waals surface area contributed by atoms with E-state index in [1.807, 2.05) is 29.6 Å². The van der Waals surface area contributed by atoms with Gasteiger partial charge in [0.05, 0.1) is 5.56 Å². The van der Waals surface area contributed by atoms with Crippen LogP contribution < -0.4 is 4.74 Å². The SMILES string of the molecule is c1ccc(COc2nscc2-c2ccc(-c3ccccc3)cc2)cc1. The van der Waals surface area contributed by atoms with Crippen molar-refractivity contribution in [3.05, 3.63) is 95.9 Å². The van der Waals surface area contributed by atoms with Gasteiger partial charge >= 0.3 is 0 Å². The zero-order valence-corrected chi connectivity index (χ0v) is 14.4. The summed E-state index contributed by atoms with van der Waals surface area (Å²) in [4.78, 5) is 0. The second-order valence-electron chi connectivity index (χ2n) is 5.75. The summed E-state index contributed by atoms with van der Waals surface area (Å²) in [5.74, 6) is 0.696. The maximum atomic E-state index is 5.93. The first-order valence-electron chi connectivity index (χ1n) is 8.17. The zero-order valence-electron chi connectivity index (χ0n) is 13.6. The van der Waals surface area contributed by atoms with E-state index in [2.05, 4.69) is 65.0 Å². The van der Waals surface area contributed by atoms with E-state index in [1.165, 1.54) is 22.7 Å². The maximum Gasteiger partial charge on any atom is 0.233 e. The van der Waals surface area contributed by atoms with Gasteiger partial charge < -0.3 is 4.74 Å². The van der Waals surface area contributed by atoms with Crippen LogP contribution in [0.4, 0.5) is 0 Å². The predicted octanol–water partition coefficient (Wildman–Crippen LogP) is 6.06. The minimum absolute atomic E-state index is 0.527. The molecule has 0 unspecified atom stereocenters. The van der Waals surface area contributed by atoms with E-state index < -0.39 is 0 Å². The Hall–Kier alpha value is -2.91. The first-order valence-corrected chi connectivity index (χ1v) is 9.01. The first-order chi connectivity index (χ1) is 12.4. The fourth-order valence-corrected chi connectivity index (χ4v) is 3.36. The van der Waals surface area contributed by atoms with Gasteiger partial charge in [-0.1, -0.05) is 84.9 Å². The molecule has 3 aromatic carbocycles. The minimum atomic E-state index is 0.527. The highest BCUT2D eigenvalue weighted by molar-refractivity contribution is 7.04. The summed E-state index contributed by atoms with van der Waals surface area (Å²) < 4.78 is 10.3. The van der Waals surface area contributed by atoms with Crippen LogP contribution in [-0.2, 0) is 6.61 Å². The summed E-state index contributed by atoms with van der Waals surface area (Å²) in [6, 6.07) is 29.1. The topological polar surface area (TPSA) is 22.1 Å². The molecule has 0 fully saturated rings. The Kier molecular flexibility index (Phi) is 4.57. The van der Waals surface area contributed by atoms with Gasteiger partial charge in [0.2, 0.25) is 5.88 Å². The molecule has 3 heteroatoms. The first kappa shape index (κ1) is 15.6. The highest BCUT2D eigenvalue weighted by Crippen LogP contribution is 2.32. The zero-order chi connectivity index (χ0) is 16.9. The molecule has 0 aliphatic carbocycles.